The maximum Gasteiger partial charge on any atom is 0.397 e. The van der Waals surface area contributed by atoms with Gasteiger partial charge in [0.25, 0.3) is 0 Å². The summed E-state index contributed by atoms with van der Waals surface area (Å²) in [6.07, 6.45) is -5.90. The lowest BCUT2D eigenvalue weighted by Gasteiger charge is -2.34. The molecule has 1 aliphatic rings. The Balaban J connectivity index is 2.56. The number of ether oxygens (including phenoxy) is 1. The van der Waals surface area contributed by atoms with Crippen LogP contribution < -0.4 is 0 Å². The van der Waals surface area contributed by atoms with Crippen molar-refractivity contribution in [1.29, 1.82) is 0 Å². The summed E-state index contributed by atoms with van der Waals surface area (Å²) in [7, 11) is 0. The third kappa shape index (κ3) is 3.87. The van der Waals surface area contributed by atoms with Crippen LogP contribution in [0.4, 0.5) is 13.2 Å². The summed E-state index contributed by atoms with van der Waals surface area (Å²) >= 11 is 5.54. The second-order valence-electron chi connectivity index (χ2n) is 3.26. The molecule has 1 aliphatic heterocycles. The van der Waals surface area contributed by atoms with Crippen LogP contribution in [0.3, 0.4) is 0 Å². The Morgan fingerprint density at radius 2 is 2.20 bits per heavy atom. The molecule has 1 atom stereocenters. The average Bonchev–Trinajstić information content (AvgIpc) is 2.15. The van der Waals surface area contributed by atoms with Gasteiger partial charge in [-0.05, 0) is 0 Å². The highest BCUT2D eigenvalue weighted by Crippen LogP contribution is 2.22. The van der Waals surface area contributed by atoms with Gasteiger partial charge in [0, 0.05) is 12.4 Å². The van der Waals surface area contributed by atoms with Crippen molar-refractivity contribution >= 4 is 17.5 Å². The van der Waals surface area contributed by atoms with E-state index in [-0.39, 0.29) is 25.6 Å². The molecule has 3 nitrogen and oxygen atoms in total. The number of hydrogen-bond acceptors (Lipinski definition) is 2. The third-order valence-electron chi connectivity index (χ3n) is 2.08. The number of halogens is 4. The van der Waals surface area contributed by atoms with Gasteiger partial charge >= 0.3 is 6.18 Å². The van der Waals surface area contributed by atoms with Crippen LogP contribution in [0.25, 0.3) is 0 Å². The van der Waals surface area contributed by atoms with Crippen molar-refractivity contribution in [2.24, 2.45) is 0 Å². The van der Waals surface area contributed by atoms with Crippen LogP contribution in [-0.2, 0) is 9.53 Å². The van der Waals surface area contributed by atoms with Gasteiger partial charge in [-0.3, -0.25) is 4.79 Å². The molecule has 0 aromatic carbocycles. The first-order valence-electron chi connectivity index (χ1n) is 4.44. The van der Waals surface area contributed by atoms with Gasteiger partial charge in [-0.15, -0.1) is 11.6 Å². The minimum atomic E-state index is -4.47. The number of amides is 1. The lowest BCUT2D eigenvalue weighted by atomic mass is 10.2. The molecular weight excluding hydrogens is 235 g/mol. The molecule has 0 N–H and O–H groups in total. The molecular formula is C8H11ClF3NO2. The number of nitrogens with zero attached hydrogens (tertiary/aromatic N) is 1. The van der Waals surface area contributed by atoms with Crippen LogP contribution in [0, 0.1) is 0 Å². The number of alkyl halides is 4. The van der Waals surface area contributed by atoms with E-state index in [4.69, 9.17) is 16.3 Å². The quantitative estimate of drug-likeness (QED) is 0.689. The van der Waals surface area contributed by atoms with Gasteiger partial charge in [0.05, 0.1) is 19.3 Å². The molecule has 0 saturated carbocycles. The zero-order valence-corrected chi connectivity index (χ0v) is 8.64. The first kappa shape index (κ1) is 12.6. The van der Waals surface area contributed by atoms with Crippen LogP contribution in [0.2, 0.25) is 0 Å². The maximum absolute atomic E-state index is 12.0. The molecule has 0 radical (unpaired) electrons. The molecule has 7 heteroatoms. The predicted molar refractivity (Wildman–Crippen MR) is 47.7 cm³/mol. The number of carbonyl (C=O) groups excluding carboxylic acids is 1. The van der Waals surface area contributed by atoms with E-state index in [1.807, 2.05) is 0 Å². The first-order chi connectivity index (χ1) is 6.94. The van der Waals surface area contributed by atoms with Gasteiger partial charge in [-0.25, -0.2) is 0 Å². The van der Waals surface area contributed by atoms with Gasteiger partial charge in [0.15, 0.2) is 0 Å². The Hall–Kier alpha value is -0.490. The number of rotatable bonds is 2. The van der Waals surface area contributed by atoms with Crippen LogP contribution in [-0.4, -0.2) is 48.7 Å². The van der Waals surface area contributed by atoms with E-state index in [1.165, 1.54) is 0 Å². The highest BCUT2D eigenvalue weighted by Gasteiger charge is 2.36. The Morgan fingerprint density at radius 1 is 1.53 bits per heavy atom. The lowest BCUT2D eigenvalue weighted by molar-refractivity contribution is -0.166. The van der Waals surface area contributed by atoms with Crippen molar-refractivity contribution in [3.8, 4) is 0 Å². The highest BCUT2D eigenvalue weighted by molar-refractivity contribution is 6.18. The van der Waals surface area contributed by atoms with Crippen molar-refractivity contribution in [3.05, 3.63) is 0 Å². The number of morpholine rings is 1. The van der Waals surface area contributed by atoms with Crippen molar-refractivity contribution in [3.63, 3.8) is 0 Å². The maximum atomic E-state index is 12.0. The lowest BCUT2D eigenvalue weighted by Crippen LogP contribution is -2.50. The molecule has 15 heavy (non-hydrogen) atoms. The van der Waals surface area contributed by atoms with Gasteiger partial charge in [0.1, 0.15) is 6.42 Å². The first-order valence-corrected chi connectivity index (χ1v) is 4.97. The second-order valence-corrected chi connectivity index (χ2v) is 3.57. The van der Waals surface area contributed by atoms with E-state index >= 15 is 0 Å². The third-order valence-corrected chi connectivity index (χ3v) is 2.43. The number of carbonyl (C=O) groups is 1. The molecule has 1 unspecified atom stereocenters. The monoisotopic (exact) mass is 245 g/mol. The predicted octanol–water partition coefficient (Wildman–Crippen LogP) is 1.41. The van der Waals surface area contributed by atoms with Crippen LogP contribution in [0.5, 0.6) is 0 Å². The smallest absolute Gasteiger partial charge is 0.377 e. The molecule has 0 aromatic heterocycles. The minimum absolute atomic E-state index is 0.0869. The van der Waals surface area contributed by atoms with E-state index in [1.54, 1.807) is 0 Å². The summed E-state index contributed by atoms with van der Waals surface area (Å²) in [5.41, 5.74) is 0. The molecule has 0 bridgehead atoms. The fraction of sp³-hybridized carbons (Fsp3) is 0.875. The van der Waals surface area contributed by atoms with Gasteiger partial charge in [-0.1, -0.05) is 0 Å². The summed E-state index contributed by atoms with van der Waals surface area (Å²) < 4.78 is 41.0. The molecule has 0 aliphatic carbocycles. The molecule has 1 heterocycles. The molecule has 1 saturated heterocycles. The van der Waals surface area contributed by atoms with E-state index in [0.29, 0.717) is 0 Å². The largest absolute Gasteiger partial charge is 0.397 e. The zero-order chi connectivity index (χ0) is 11.5. The molecule has 0 spiro atoms. The summed E-state index contributed by atoms with van der Waals surface area (Å²) in [6.45, 7) is 0.635. The highest BCUT2D eigenvalue weighted by atomic mass is 35.5. The zero-order valence-electron chi connectivity index (χ0n) is 7.89. The van der Waals surface area contributed by atoms with Crippen molar-refractivity contribution in [2.45, 2.75) is 18.6 Å². The number of hydrogen-bond donors (Lipinski definition) is 0. The normalized spacial score (nSPS) is 22.9. The second kappa shape index (κ2) is 5.03. The summed E-state index contributed by atoms with van der Waals surface area (Å²) in [6, 6.07) is -0.449. The summed E-state index contributed by atoms with van der Waals surface area (Å²) in [5, 5.41) is 0. The Bertz CT molecular complexity index is 234. The van der Waals surface area contributed by atoms with Crippen molar-refractivity contribution in [2.75, 3.05) is 25.6 Å². The van der Waals surface area contributed by atoms with E-state index in [2.05, 4.69) is 0 Å². The Kier molecular flexibility index (Phi) is 4.21. The Labute approximate surface area is 90.1 Å². The van der Waals surface area contributed by atoms with Crippen molar-refractivity contribution in [1.82, 2.24) is 4.90 Å². The van der Waals surface area contributed by atoms with Gasteiger partial charge in [0.2, 0.25) is 5.91 Å². The fourth-order valence-electron chi connectivity index (χ4n) is 1.38. The molecule has 1 amide bonds. The SMILES string of the molecule is O=C(CC(F)(F)F)N1CCOCC1CCl. The Morgan fingerprint density at radius 3 is 2.73 bits per heavy atom. The standard InChI is InChI=1S/C8H11ClF3NO2/c9-4-6-5-15-2-1-13(6)7(14)3-8(10,11)12/h6H,1-5H2. The molecule has 0 aromatic rings. The van der Waals surface area contributed by atoms with Crippen LogP contribution >= 0.6 is 11.6 Å². The van der Waals surface area contributed by atoms with Gasteiger partial charge in [-0.2, -0.15) is 13.2 Å². The fourth-order valence-corrected chi connectivity index (χ4v) is 1.64. The van der Waals surface area contributed by atoms with E-state index in [9.17, 15) is 18.0 Å². The minimum Gasteiger partial charge on any atom is -0.377 e. The van der Waals surface area contributed by atoms with Crippen LogP contribution in [0.15, 0.2) is 0 Å². The van der Waals surface area contributed by atoms with E-state index in [0.717, 1.165) is 4.90 Å². The summed E-state index contributed by atoms with van der Waals surface area (Å²) in [4.78, 5) is 12.4. The molecule has 1 fully saturated rings. The average molecular weight is 246 g/mol. The van der Waals surface area contributed by atoms with Gasteiger partial charge < -0.3 is 9.64 Å². The topological polar surface area (TPSA) is 29.5 Å². The molecule has 88 valence electrons. The molecule has 1 rings (SSSR count). The summed E-state index contributed by atoms with van der Waals surface area (Å²) in [5.74, 6) is -0.847. The van der Waals surface area contributed by atoms with Crippen molar-refractivity contribution < 1.29 is 22.7 Å². The van der Waals surface area contributed by atoms with E-state index < -0.39 is 24.5 Å². The van der Waals surface area contributed by atoms with Crippen LogP contribution in [0.1, 0.15) is 6.42 Å².